The number of carbonyl (C=O) groups excluding carboxylic acids is 1. The maximum Gasteiger partial charge on any atom is 0.416 e. The second-order valence-electron chi connectivity index (χ2n) is 8.35. The predicted molar refractivity (Wildman–Crippen MR) is 102 cm³/mol. The second kappa shape index (κ2) is 8.24. The van der Waals surface area contributed by atoms with Gasteiger partial charge >= 0.3 is 6.18 Å². The highest BCUT2D eigenvalue weighted by molar-refractivity contribution is 5.78. The van der Waals surface area contributed by atoms with Gasteiger partial charge in [-0.3, -0.25) is 4.79 Å². The summed E-state index contributed by atoms with van der Waals surface area (Å²) >= 11 is 0. The fraction of sp³-hybridized carbons (Fsp3) is 0.667. The predicted octanol–water partition coefficient (Wildman–Crippen LogP) is 3.32. The Morgan fingerprint density at radius 1 is 1.07 bits per heavy atom. The zero-order valence-electron chi connectivity index (χ0n) is 17.2. The molecule has 1 saturated carbocycles. The Morgan fingerprint density at radius 2 is 1.69 bits per heavy atom. The molecule has 29 heavy (non-hydrogen) atoms. The molecule has 0 unspecified atom stereocenters. The van der Waals surface area contributed by atoms with Crippen LogP contribution >= 0.6 is 0 Å². The minimum Gasteiger partial charge on any atom is -0.348 e. The Hall–Kier alpha value is -1.64. The van der Waals surface area contributed by atoms with Gasteiger partial charge in [0.25, 0.3) is 0 Å². The number of carbonyl (C=O) groups is 1. The first kappa shape index (κ1) is 22.1. The SMILES string of the molecule is CN(CC1(N(C)C)CCC2(CC1)OCCO2)C(=O)Cc1cccc(C(F)(F)F)c1. The van der Waals surface area contributed by atoms with Gasteiger partial charge in [0, 0.05) is 32.0 Å². The number of hydrogen-bond acceptors (Lipinski definition) is 4. The van der Waals surface area contributed by atoms with E-state index in [-0.39, 0.29) is 17.9 Å². The molecule has 1 spiro atoms. The van der Waals surface area contributed by atoms with Crippen molar-refractivity contribution < 1.29 is 27.4 Å². The van der Waals surface area contributed by atoms with Crippen LogP contribution in [0, 0.1) is 0 Å². The van der Waals surface area contributed by atoms with Crippen LogP contribution in [0.2, 0.25) is 0 Å². The quantitative estimate of drug-likeness (QED) is 0.741. The van der Waals surface area contributed by atoms with Crippen LogP contribution in [-0.4, -0.2) is 67.9 Å². The lowest BCUT2D eigenvalue weighted by atomic mass is 9.77. The Labute approximate surface area is 169 Å². The number of rotatable bonds is 5. The molecule has 1 amide bonds. The van der Waals surface area contributed by atoms with E-state index in [1.165, 1.54) is 6.07 Å². The van der Waals surface area contributed by atoms with E-state index in [1.54, 1.807) is 18.0 Å². The Morgan fingerprint density at radius 3 is 2.24 bits per heavy atom. The molecule has 1 aromatic carbocycles. The number of halogens is 3. The number of nitrogens with zero attached hydrogens (tertiary/aromatic N) is 2. The van der Waals surface area contributed by atoms with Crippen LogP contribution in [0.4, 0.5) is 13.2 Å². The molecule has 162 valence electrons. The molecule has 8 heteroatoms. The van der Waals surface area contributed by atoms with Gasteiger partial charge in [0.15, 0.2) is 5.79 Å². The van der Waals surface area contributed by atoms with Crippen LogP contribution in [0.5, 0.6) is 0 Å². The third-order valence-electron chi connectivity index (χ3n) is 6.27. The Bertz CT molecular complexity index is 720. The van der Waals surface area contributed by atoms with E-state index < -0.39 is 17.5 Å². The van der Waals surface area contributed by atoms with Crippen LogP contribution < -0.4 is 0 Å². The number of alkyl halides is 3. The summed E-state index contributed by atoms with van der Waals surface area (Å²) in [6.07, 6.45) is -1.30. The van der Waals surface area contributed by atoms with E-state index in [1.807, 2.05) is 14.1 Å². The van der Waals surface area contributed by atoms with Crippen molar-refractivity contribution in [1.82, 2.24) is 9.80 Å². The highest BCUT2D eigenvalue weighted by atomic mass is 19.4. The van der Waals surface area contributed by atoms with Gasteiger partial charge in [-0.15, -0.1) is 0 Å². The van der Waals surface area contributed by atoms with Crippen molar-refractivity contribution in [3.05, 3.63) is 35.4 Å². The van der Waals surface area contributed by atoms with Crippen LogP contribution in [0.1, 0.15) is 36.8 Å². The number of likely N-dealkylation sites (N-methyl/N-ethyl adjacent to an activating group) is 2. The second-order valence-corrected chi connectivity index (χ2v) is 8.35. The molecular formula is C21H29F3N2O3. The molecule has 0 aromatic heterocycles. The molecular weight excluding hydrogens is 385 g/mol. The summed E-state index contributed by atoms with van der Waals surface area (Å²) in [4.78, 5) is 16.5. The number of benzene rings is 1. The van der Waals surface area contributed by atoms with Crippen LogP contribution in [0.3, 0.4) is 0 Å². The van der Waals surface area contributed by atoms with E-state index in [2.05, 4.69) is 4.90 Å². The molecule has 0 radical (unpaired) electrons. The summed E-state index contributed by atoms with van der Waals surface area (Å²) in [5.74, 6) is -0.681. The van der Waals surface area contributed by atoms with E-state index in [4.69, 9.17) is 9.47 Å². The number of hydrogen-bond donors (Lipinski definition) is 0. The van der Waals surface area contributed by atoms with Gasteiger partial charge in [-0.25, -0.2) is 0 Å². The third kappa shape index (κ3) is 4.92. The van der Waals surface area contributed by atoms with Crippen molar-refractivity contribution in [3.8, 4) is 0 Å². The maximum atomic E-state index is 12.9. The number of amides is 1. The summed E-state index contributed by atoms with van der Waals surface area (Å²) in [7, 11) is 5.72. The van der Waals surface area contributed by atoms with Crippen LogP contribution in [0.15, 0.2) is 24.3 Å². The average molecular weight is 414 g/mol. The van der Waals surface area contributed by atoms with Crippen LogP contribution in [0.25, 0.3) is 0 Å². The van der Waals surface area contributed by atoms with Gasteiger partial charge in [0.2, 0.25) is 5.91 Å². The van der Waals surface area contributed by atoms with Crippen molar-refractivity contribution in [3.63, 3.8) is 0 Å². The fourth-order valence-corrected chi connectivity index (χ4v) is 4.33. The molecule has 1 aromatic rings. The Kier molecular flexibility index (Phi) is 6.27. The first-order valence-electron chi connectivity index (χ1n) is 9.91. The lowest BCUT2D eigenvalue weighted by molar-refractivity contribution is -0.193. The lowest BCUT2D eigenvalue weighted by Crippen LogP contribution is -2.57. The summed E-state index contributed by atoms with van der Waals surface area (Å²) in [6.45, 7) is 1.74. The normalized spacial score (nSPS) is 20.9. The van der Waals surface area contributed by atoms with E-state index in [9.17, 15) is 18.0 Å². The molecule has 1 aliphatic heterocycles. The minimum atomic E-state index is -4.41. The van der Waals surface area contributed by atoms with Crippen molar-refractivity contribution in [1.29, 1.82) is 0 Å². The average Bonchev–Trinajstić information content (AvgIpc) is 3.11. The van der Waals surface area contributed by atoms with E-state index in [0.29, 0.717) is 25.3 Å². The summed E-state index contributed by atoms with van der Waals surface area (Å²) < 4.78 is 50.4. The molecule has 5 nitrogen and oxygen atoms in total. The Balaban J connectivity index is 1.64. The highest BCUT2D eigenvalue weighted by Gasteiger charge is 2.48. The highest BCUT2D eigenvalue weighted by Crippen LogP contribution is 2.42. The van der Waals surface area contributed by atoms with Crippen molar-refractivity contribution >= 4 is 5.91 Å². The minimum absolute atomic E-state index is 0.0555. The third-order valence-corrected chi connectivity index (χ3v) is 6.27. The monoisotopic (exact) mass is 414 g/mol. The first-order valence-corrected chi connectivity index (χ1v) is 9.91. The van der Waals surface area contributed by atoms with E-state index >= 15 is 0 Å². The van der Waals surface area contributed by atoms with Crippen molar-refractivity contribution in [2.75, 3.05) is 40.9 Å². The fourth-order valence-electron chi connectivity index (χ4n) is 4.33. The van der Waals surface area contributed by atoms with Gasteiger partial charge in [0.1, 0.15) is 0 Å². The van der Waals surface area contributed by atoms with Gasteiger partial charge < -0.3 is 19.3 Å². The lowest BCUT2D eigenvalue weighted by Gasteiger charge is -2.49. The summed E-state index contributed by atoms with van der Waals surface area (Å²) in [5.41, 5.74) is -0.575. The van der Waals surface area contributed by atoms with E-state index in [0.717, 1.165) is 37.8 Å². The molecule has 1 aliphatic carbocycles. The smallest absolute Gasteiger partial charge is 0.348 e. The zero-order valence-corrected chi connectivity index (χ0v) is 17.2. The number of ether oxygens (including phenoxy) is 2. The van der Waals surface area contributed by atoms with Gasteiger partial charge in [-0.2, -0.15) is 13.2 Å². The summed E-state index contributed by atoms with van der Waals surface area (Å²) in [6, 6.07) is 4.97. The molecule has 0 N–H and O–H groups in total. The van der Waals surface area contributed by atoms with Crippen molar-refractivity contribution in [2.24, 2.45) is 0 Å². The molecule has 2 fully saturated rings. The molecule has 2 aliphatic rings. The first-order chi connectivity index (χ1) is 13.6. The van der Waals surface area contributed by atoms with Gasteiger partial charge in [0.05, 0.1) is 25.2 Å². The molecule has 1 saturated heterocycles. The van der Waals surface area contributed by atoms with Gasteiger partial charge in [-0.1, -0.05) is 18.2 Å². The van der Waals surface area contributed by atoms with Crippen LogP contribution in [-0.2, 0) is 26.9 Å². The van der Waals surface area contributed by atoms with Crippen molar-refractivity contribution in [2.45, 2.75) is 49.6 Å². The maximum absolute atomic E-state index is 12.9. The topological polar surface area (TPSA) is 42.0 Å². The molecule has 3 rings (SSSR count). The summed E-state index contributed by atoms with van der Waals surface area (Å²) in [5, 5.41) is 0. The zero-order chi connectivity index (χ0) is 21.3. The molecule has 0 bridgehead atoms. The standard InChI is InChI=1S/C21H29F3N2O3/c1-25(2)19(7-9-20(10-8-19)28-11-12-29-20)15-26(3)18(27)14-16-5-4-6-17(13-16)21(22,23)24/h4-6,13H,7-12,14-15H2,1-3H3. The largest absolute Gasteiger partial charge is 0.416 e. The molecule has 0 atom stereocenters. The van der Waals surface area contributed by atoms with Gasteiger partial charge in [-0.05, 0) is 38.6 Å². The molecule has 1 heterocycles.